The van der Waals surface area contributed by atoms with E-state index in [1.807, 2.05) is 0 Å². The van der Waals surface area contributed by atoms with Gasteiger partial charge in [-0.3, -0.25) is 9.59 Å². The van der Waals surface area contributed by atoms with Crippen LogP contribution in [0.5, 0.6) is 0 Å². The van der Waals surface area contributed by atoms with Crippen LogP contribution in [0.4, 0.5) is 0 Å². The highest BCUT2D eigenvalue weighted by Crippen LogP contribution is 2.00. The van der Waals surface area contributed by atoms with Gasteiger partial charge in [0.15, 0.2) is 0 Å². The summed E-state index contributed by atoms with van der Waals surface area (Å²) < 4.78 is 0. The zero-order chi connectivity index (χ0) is 7.56. The van der Waals surface area contributed by atoms with Crippen molar-refractivity contribution < 1.29 is 9.59 Å². The summed E-state index contributed by atoms with van der Waals surface area (Å²) in [7, 11) is 0. The normalized spacial score (nSPS) is 15.5. The van der Waals surface area contributed by atoms with Crippen LogP contribution in [0.3, 0.4) is 0 Å². The molecule has 0 aliphatic carbocycles. The van der Waals surface area contributed by atoms with E-state index in [2.05, 4.69) is 12.0 Å². The van der Waals surface area contributed by atoms with Gasteiger partial charge in [0.2, 0.25) is 0 Å². The molecule has 0 spiro atoms. The summed E-state index contributed by atoms with van der Waals surface area (Å²) in [5.74, 6) is 1.74. The van der Waals surface area contributed by atoms with Gasteiger partial charge < -0.3 is 0 Å². The molecule has 0 aromatic heterocycles. The van der Waals surface area contributed by atoms with Gasteiger partial charge in [-0.25, -0.2) is 0 Å². The molecule has 0 aromatic rings. The number of rotatable bonds is 0. The van der Waals surface area contributed by atoms with Gasteiger partial charge in [-0.05, 0) is 6.92 Å². The van der Waals surface area contributed by atoms with Crippen LogP contribution in [0.2, 0.25) is 0 Å². The molecule has 0 saturated heterocycles. The molecule has 1 aliphatic heterocycles. The summed E-state index contributed by atoms with van der Waals surface area (Å²) in [6.45, 7) is 1.57. The second kappa shape index (κ2) is 2.36. The van der Waals surface area contributed by atoms with Gasteiger partial charge in [0, 0.05) is 18.2 Å². The Morgan fingerprint density at radius 1 is 1.30 bits per heavy atom. The SMILES string of the molecule is CC#CN1C(=O)C=CC1=O. The molecule has 2 amide bonds. The quantitative estimate of drug-likeness (QED) is 0.343. The van der Waals surface area contributed by atoms with E-state index in [4.69, 9.17) is 0 Å². The van der Waals surface area contributed by atoms with Crippen LogP contribution in [0.15, 0.2) is 12.2 Å². The Morgan fingerprint density at radius 3 is 2.20 bits per heavy atom. The van der Waals surface area contributed by atoms with Crippen molar-refractivity contribution in [3.05, 3.63) is 12.2 Å². The first-order valence-electron chi connectivity index (χ1n) is 2.74. The summed E-state index contributed by atoms with van der Waals surface area (Å²) in [6, 6.07) is 2.37. The molecule has 50 valence electrons. The smallest absolute Gasteiger partial charge is 0.265 e. The van der Waals surface area contributed by atoms with Crippen molar-refractivity contribution in [1.29, 1.82) is 0 Å². The lowest BCUT2D eigenvalue weighted by molar-refractivity contribution is -0.132. The van der Waals surface area contributed by atoms with E-state index >= 15 is 0 Å². The Bertz CT molecular complexity index is 249. The fraction of sp³-hybridized carbons (Fsp3) is 0.143. The first-order valence-corrected chi connectivity index (χ1v) is 2.74. The zero-order valence-electron chi connectivity index (χ0n) is 5.42. The molecule has 10 heavy (non-hydrogen) atoms. The average molecular weight is 135 g/mol. The molecule has 1 heterocycles. The van der Waals surface area contributed by atoms with Gasteiger partial charge in [0.05, 0.1) is 0 Å². The molecule has 1 rings (SSSR count). The molecule has 0 radical (unpaired) electrons. The molecule has 0 aromatic carbocycles. The molecule has 3 heteroatoms. The summed E-state index contributed by atoms with van der Waals surface area (Å²) in [6.07, 6.45) is 2.40. The number of carbonyl (C=O) groups excluding carboxylic acids is 2. The third-order valence-electron chi connectivity index (χ3n) is 1.03. The van der Waals surface area contributed by atoms with Crippen molar-refractivity contribution in [2.24, 2.45) is 0 Å². The molecule has 1 aliphatic rings. The zero-order valence-corrected chi connectivity index (χ0v) is 5.42. The van der Waals surface area contributed by atoms with Crippen LogP contribution in [-0.4, -0.2) is 16.7 Å². The highest BCUT2D eigenvalue weighted by molar-refractivity contribution is 6.14. The summed E-state index contributed by atoms with van der Waals surface area (Å²) in [5.41, 5.74) is 0. The molecular weight excluding hydrogens is 130 g/mol. The van der Waals surface area contributed by atoms with Crippen molar-refractivity contribution in [2.45, 2.75) is 6.92 Å². The van der Waals surface area contributed by atoms with Gasteiger partial charge in [-0.1, -0.05) is 5.92 Å². The van der Waals surface area contributed by atoms with Crippen LogP contribution in [0, 0.1) is 12.0 Å². The lowest BCUT2D eigenvalue weighted by atomic mass is 10.6. The highest BCUT2D eigenvalue weighted by atomic mass is 16.2. The van der Waals surface area contributed by atoms with Crippen molar-refractivity contribution in [3.63, 3.8) is 0 Å². The number of carbonyl (C=O) groups is 2. The Morgan fingerprint density at radius 2 is 1.80 bits per heavy atom. The first kappa shape index (κ1) is 6.56. The highest BCUT2D eigenvalue weighted by Gasteiger charge is 2.20. The van der Waals surface area contributed by atoms with Crippen LogP contribution >= 0.6 is 0 Å². The van der Waals surface area contributed by atoms with Crippen LogP contribution in [0.25, 0.3) is 0 Å². The largest absolute Gasteiger partial charge is 0.268 e. The number of hydrogen-bond acceptors (Lipinski definition) is 2. The predicted octanol–water partition coefficient (Wildman–Crippen LogP) is -0.108. The summed E-state index contributed by atoms with van der Waals surface area (Å²) in [4.78, 5) is 22.3. The van der Waals surface area contributed by atoms with Crippen molar-refractivity contribution in [3.8, 4) is 12.0 Å². The molecule has 0 unspecified atom stereocenters. The molecule has 0 bridgehead atoms. The lowest BCUT2D eigenvalue weighted by Gasteiger charge is -2.00. The fourth-order valence-corrected chi connectivity index (χ4v) is 0.622. The van der Waals surface area contributed by atoms with Gasteiger partial charge >= 0.3 is 0 Å². The van der Waals surface area contributed by atoms with Gasteiger partial charge in [0.25, 0.3) is 11.8 Å². The van der Waals surface area contributed by atoms with Gasteiger partial charge in [0.1, 0.15) is 0 Å². The van der Waals surface area contributed by atoms with Gasteiger partial charge in [-0.15, -0.1) is 0 Å². The molecular formula is C7H5NO2. The topological polar surface area (TPSA) is 37.4 Å². The standard InChI is InChI=1S/C7H5NO2/c1-2-5-8-6(9)3-4-7(8)10/h3-4H,1H3. The van der Waals surface area contributed by atoms with E-state index in [0.29, 0.717) is 0 Å². The third-order valence-corrected chi connectivity index (χ3v) is 1.03. The number of imide groups is 1. The minimum absolute atomic E-state index is 0.362. The van der Waals surface area contributed by atoms with E-state index in [-0.39, 0.29) is 11.8 Å². The second-order valence-electron chi connectivity index (χ2n) is 1.71. The maximum atomic E-state index is 10.7. The Hall–Kier alpha value is -1.56. The average Bonchev–Trinajstić information content (AvgIpc) is 2.20. The van der Waals surface area contributed by atoms with Crippen molar-refractivity contribution in [1.82, 2.24) is 4.90 Å². The fourth-order valence-electron chi connectivity index (χ4n) is 0.622. The van der Waals surface area contributed by atoms with E-state index < -0.39 is 0 Å². The van der Waals surface area contributed by atoms with E-state index in [0.717, 1.165) is 4.90 Å². The molecule has 0 N–H and O–H groups in total. The lowest BCUT2D eigenvalue weighted by Crippen LogP contribution is -2.24. The van der Waals surface area contributed by atoms with Crippen molar-refractivity contribution >= 4 is 11.8 Å². The van der Waals surface area contributed by atoms with E-state index in [1.165, 1.54) is 12.2 Å². The first-order chi connectivity index (χ1) is 4.75. The molecule has 0 fully saturated rings. The van der Waals surface area contributed by atoms with Crippen LogP contribution in [0.1, 0.15) is 6.92 Å². The number of nitrogens with zero attached hydrogens (tertiary/aromatic N) is 1. The second-order valence-corrected chi connectivity index (χ2v) is 1.71. The number of amides is 2. The monoisotopic (exact) mass is 135 g/mol. The third kappa shape index (κ3) is 0.914. The summed E-state index contributed by atoms with van der Waals surface area (Å²) >= 11 is 0. The Kier molecular flexibility index (Phi) is 1.55. The molecule has 3 nitrogen and oxygen atoms in total. The maximum absolute atomic E-state index is 10.7. The minimum atomic E-state index is -0.362. The van der Waals surface area contributed by atoms with Crippen LogP contribution in [-0.2, 0) is 9.59 Å². The Balaban J connectivity index is 2.86. The van der Waals surface area contributed by atoms with E-state index in [1.54, 1.807) is 6.92 Å². The van der Waals surface area contributed by atoms with Crippen molar-refractivity contribution in [2.75, 3.05) is 0 Å². The van der Waals surface area contributed by atoms with Gasteiger partial charge in [-0.2, -0.15) is 4.90 Å². The van der Waals surface area contributed by atoms with Crippen LogP contribution < -0.4 is 0 Å². The Labute approximate surface area is 58.3 Å². The molecule has 0 atom stereocenters. The van der Waals surface area contributed by atoms with E-state index in [9.17, 15) is 9.59 Å². The molecule has 0 saturated carbocycles. The summed E-state index contributed by atoms with van der Waals surface area (Å²) in [5, 5.41) is 0. The minimum Gasteiger partial charge on any atom is -0.268 e. The predicted molar refractivity (Wildman–Crippen MR) is 34.4 cm³/mol. The number of hydrogen-bond donors (Lipinski definition) is 0. The maximum Gasteiger partial charge on any atom is 0.265 e.